The molecule has 2 rings (SSSR count). The summed E-state index contributed by atoms with van der Waals surface area (Å²) in [6, 6.07) is 6.03. The van der Waals surface area contributed by atoms with Crippen molar-refractivity contribution in [3.05, 3.63) is 24.3 Å². The largest absolute Gasteiger partial charge is 0.494 e. The second-order valence-electron chi connectivity index (χ2n) is 6.11. The van der Waals surface area contributed by atoms with Crippen molar-refractivity contribution in [3.63, 3.8) is 0 Å². The van der Waals surface area contributed by atoms with Gasteiger partial charge in [0.2, 0.25) is 0 Å². The van der Waals surface area contributed by atoms with Crippen LogP contribution in [0.3, 0.4) is 0 Å². The number of urea groups is 1. The Morgan fingerprint density at radius 1 is 1.19 bits per heavy atom. The van der Waals surface area contributed by atoms with Gasteiger partial charge in [0.15, 0.2) is 6.61 Å². The maximum atomic E-state index is 12.0. The summed E-state index contributed by atoms with van der Waals surface area (Å²) in [5.41, 5.74) is -0.548. The molecule has 0 bridgehead atoms. The zero-order chi connectivity index (χ0) is 19.3. The molecule has 0 aliphatic carbocycles. The van der Waals surface area contributed by atoms with Gasteiger partial charge in [-0.25, -0.2) is 4.79 Å². The highest BCUT2D eigenvalue weighted by Crippen LogP contribution is 2.17. The van der Waals surface area contributed by atoms with E-state index >= 15 is 0 Å². The third-order valence-electron chi connectivity index (χ3n) is 3.54. The average Bonchev–Trinajstić information content (AvgIpc) is 2.77. The summed E-state index contributed by atoms with van der Waals surface area (Å²) in [6.07, 6.45) is 0. The van der Waals surface area contributed by atoms with Crippen LogP contribution in [0.5, 0.6) is 5.75 Å². The minimum atomic E-state index is -1.07. The third kappa shape index (κ3) is 4.71. The molecular formula is C17H21N3O6. The molecule has 140 valence electrons. The van der Waals surface area contributed by atoms with Gasteiger partial charge in [0.25, 0.3) is 11.8 Å². The normalized spacial score (nSPS) is 15.4. The highest BCUT2D eigenvalue weighted by molar-refractivity contribution is 6.08. The first-order valence-corrected chi connectivity index (χ1v) is 8.05. The Hall–Kier alpha value is -3.10. The monoisotopic (exact) mass is 363 g/mol. The number of benzene rings is 1. The third-order valence-corrected chi connectivity index (χ3v) is 3.54. The van der Waals surface area contributed by atoms with Gasteiger partial charge in [-0.05, 0) is 45.0 Å². The van der Waals surface area contributed by atoms with Crippen molar-refractivity contribution in [1.29, 1.82) is 0 Å². The fraction of sp³-hybridized carbons (Fsp3) is 0.412. The van der Waals surface area contributed by atoms with Crippen LogP contribution in [0.4, 0.5) is 10.5 Å². The molecule has 0 spiro atoms. The summed E-state index contributed by atoms with van der Waals surface area (Å²) in [6.45, 7) is 4.38. The molecule has 1 aromatic carbocycles. The van der Waals surface area contributed by atoms with Crippen molar-refractivity contribution >= 4 is 29.5 Å². The molecule has 9 heteroatoms. The van der Waals surface area contributed by atoms with E-state index in [4.69, 9.17) is 9.47 Å². The van der Waals surface area contributed by atoms with Gasteiger partial charge in [0, 0.05) is 5.69 Å². The summed E-state index contributed by atoms with van der Waals surface area (Å²) < 4.78 is 10.1. The Bertz CT molecular complexity index is 714. The van der Waals surface area contributed by atoms with Gasteiger partial charge in [-0.3, -0.25) is 19.3 Å². The van der Waals surface area contributed by atoms with Gasteiger partial charge in [0.05, 0.1) is 6.61 Å². The number of hydrogen-bond donors (Lipinski definition) is 2. The predicted octanol–water partition coefficient (Wildman–Crippen LogP) is 0.897. The number of rotatable bonds is 7. The number of anilines is 1. The van der Waals surface area contributed by atoms with Crippen molar-refractivity contribution in [1.82, 2.24) is 10.2 Å². The second-order valence-corrected chi connectivity index (χ2v) is 6.11. The van der Waals surface area contributed by atoms with Crippen molar-refractivity contribution < 1.29 is 28.7 Å². The van der Waals surface area contributed by atoms with Crippen LogP contribution in [0.15, 0.2) is 24.3 Å². The van der Waals surface area contributed by atoms with E-state index in [-0.39, 0.29) is 0 Å². The number of carbonyl (C=O) groups is 4. The summed E-state index contributed by atoms with van der Waals surface area (Å²) >= 11 is 0. The Morgan fingerprint density at radius 2 is 1.85 bits per heavy atom. The molecule has 1 saturated heterocycles. The molecule has 1 heterocycles. The number of imide groups is 1. The van der Waals surface area contributed by atoms with Crippen LogP contribution in [0.1, 0.15) is 20.8 Å². The molecule has 9 nitrogen and oxygen atoms in total. The number of hydrogen-bond acceptors (Lipinski definition) is 6. The van der Waals surface area contributed by atoms with Gasteiger partial charge < -0.3 is 20.1 Å². The van der Waals surface area contributed by atoms with E-state index in [1.54, 1.807) is 24.3 Å². The molecule has 0 unspecified atom stereocenters. The molecule has 1 aliphatic heterocycles. The highest BCUT2D eigenvalue weighted by atomic mass is 16.5. The SMILES string of the molecule is CCOc1ccc(NC(=O)COC(=O)CN2C(=O)NC(C)(C)C2=O)cc1. The number of nitrogens with zero attached hydrogens (tertiary/aromatic N) is 1. The van der Waals surface area contributed by atoms with E-state index in [9.17, 15) is 19.2 Å². The average molecular weight is 363 g/mol. The van der Waals surface area contributed by atoms with Crippen molar-refractivity contribution in [2.45, 2.75) is 26.3 Å². The lowest BCUT2D eigenvalue weighted by atomic mass is 10.1. The minimum absolute atomic E-state index is 0.519. The standard InChI is InChI=1S/C17H21N3O6/c1-4-25-12-7-5-11(6-8-12)18-13(21)10-26-14(22)9-20-15(23)17(2,3)19-16(20)24/h5-8H,4,9-10H2,1-3H3,(H,18,21)(H,19,24). The molecule has 0 radical (unpaired) electrons. The van der Waals surface area contributed by atoms with Crippen LogP contribution in [-0.2, 0) is 19.1 Å². The van der Waals surface area contributed by atoms with Crippen LogP contribution >= 0.6 is 0 Å². The van der Waals surface area contributed by atoms with E-state index in [2.05, 4.69) is 10.6 Å². The van der Waals surface area contributed by atoms with E-state index in [1.807, 2.05) is 6.92 Å². The predicted molar refractivity (Wildman–Crippen MR) is 91.5 cm³/mol. The summed E-state index contributed by atoms with van der Waals surface area (Å²) in [7, 11) is 0. The number of amides is 4. The van der Waals surface area contributed by atoms with Gasteiger partial charge in [-0.1, -0.05) is 0 Å². The molecule has 1 aliphatic rings. The van der Waals surface area contributed by atoms with Crippen LogP contribution in [-0.4, -0.2) is 54.0 Å². The van der Waals surface area contributed by atoms with E-state index < -0.39 is 42.5 Å². The first-order valence-electron chi connectivity index (χ1n) is 8.05. The molecule has 26 heavy (non-hydrogen) atoms. The topological polar surface area (TPSA) is 114 Å². The molecule has 0 aromatic heterocycles. The smallest absolute Gasteiger partial charge is 0.326 e. The fourth-order valence-corrected chi connectivity index (χ4v) is 2.28. The number of carbonyl (C=O) groups excluding carboxylic acids is 4. The van der Waals surface area contributed by atoms with Gasteiger partial charge in [0.1, 0.15) is 17.8 Å². The first-order chi connectivity index (χ1) is 12.2. The van der Waals surface area contributed by atoms with Crippen LogP contribution in [0, 0.1) is 0 Å². The lowest BCUT2D eigenvalue weighted by Crippen LogP contribution is -2.41. The zero-order valence-electron chi connectivity index (χ0n) is 14.8. The first kappa shape index (κ1) is 19.2. The fourth-order valence-electron chi connectivity index (χ4n) is 2.28. The van der Waals surface area contributed by atoms with Crippen LogP contribution in [0.2, 0.25) is 0 Å². The van der Waals surface area contributed by atoms with Crippen molar-refractivity contribution in [2.75, 3.05) is 25.1 Å². The molecular weight excluding hydrogens is 342 g/mol. The molecule has 4 amide bonds. The molecule has 0 saturated carbocycles. The van der Waals surface area contributed by atoms with Crippen molar-refractivity contribution in [3.8, 4) is 5.75 Å². The number of ether oxygens (including phenoxy) is 2. The quantitative estimate of drug-likeness (QED) is 0.549. The number of nitrogens with one attached hydrogen (secondary N) is 2. The Kier molecular flexibility index (Phi) is 5.81. The van der Waals surface area contributed by atoms with Crippen LogP contribution in [0.25, 0.3) is 0 Å². The van der Waals surface area contributed by atoms with Crippen molar-refractivity contribution in [2.24, 2.45) is 0 Å². The van der Waals surface area contributed by atoms with Gasteiger partial charge in [-0.2, -0.15) is 0 Å². The van der Waals surface area contributed by atoms with Gasteiger partial charge in [-0.15, -0.1) is 0 Å². The molecule has 1 aromatic rings. The van der Waals surface area contributed by atoms with Gasteiger partial charge >= 0.3 is 12.0 Å². The Morgan fingerprint density at radius 3 is 2.38 bits per heavy atom. The number of esters is 1. The minimum Gasteiger partial charge on any atom is -0.494 e. The summed E-state index contributed by atoms with van der Waals surface area (Å²) in [5, 5.41) is 5.01. The summed E-state index contributed by atoms with van der Waals surface area (Å²) in [4.78, 5) is 48.0. The lowest BCUT2D eigenvalue weighted by molar-refractivity contribution is -0.150. The Labute approximate surface area is 150 Å². The maximum absolute atomic E-state index is 12.0. The molecule has 0 atom stereocenters. The maximum Gasteiger partial charge on any atom is 0.326 e. The molecule has 1 fully saturated rings. The van der Waals surface area contributed by atoms with E-state index in [1.165, 1.54) is 13.8 Å². The zero-order valence-corrected chi connectivity index (χ0v) is 14.8. The van der Waals surface area contributed by atoms with Crippen LogP contribution < -0.4 is 15.4 Å². The highest BCUT2D eigenvalue weighted by Gasteiger charge is 2.45. The Balaban J connectivity index is 1.79. The van der Waals surface area contributed by atoms with E-state index in [0.29, 0.717) is 18.0 Å². The summed E-state index contributed by atoms with van der Waals surface area (Å²) in [5.74, 6) is -1.25. The van der Waals surface area contributed by atoms with E-state index in [0.717, 1.165) is 4.90 Å². The lowest BCUT2D eigenvalue weighted by Gasteiger charge is -2.15. The molecule has 2 N–H and O–H groups in total. The second kappa shape index (κ2) is 7.85.